The molecule has 0 aliphatic rings. The Kier molecular flexibility index (Phi) is 3.17. The SMILES string of the molecule is Cc1c(F)cccc1C=NN=C(N)N. The van der Waals surface area contributed by atoms with Gasteiger partial charge in [0, 0.05) is 5.56 Å². The average molecular weight is 194 g/mol. The zero-order chi connectivity index (χ0) is 10.6. The van der Waals surface area contributed by atoms with Crippen LogP contribution in [0.2, 0.25) is 0 Å². The summed E-state index contributed by atoms with van der Waals surface area (Å²) in [6.45, 7) is 1.66. The van der Waals surface area contributed by atoms with Gasteiger partial charge in [0.25, 0.3) is 0 Å². The monoisotopic (exact) mass is 194 g/mol. The highest BCUT2D eigenvalue weighted by atomic mass is 19.1. The van der Waals surface area contributed by atoms with Gasteiger partial charge in [-0.15, -0.1) is 5.10 Å². The second kappa shape index (κ2) is 4.36. The zero-order valence-corrected chi connectivity index (χ0v) is 7.74. The van der Waals surface area contributed by atoms with Gasteiger partial charge in [0.2, 0.25) is 5.96 Å². The highest BCUT2D eigenvalue weighted by Gasteiger charge is 1.99. The minimum atomic E-state index is -0.279. The van der Waals surface area contributed by atoms with Crippen LogP contribution >= 0.6 is 0 Å². The Morgan fingerprint density at radius 1 is 1.43 bits per heavy atom. The van der Waals surface area contributed by atoms with Crippen LogP contribution < -0.4 is 11.5 Å². The van der Waals surface area contributed by atoms with Crippen molar-refractivity contribution < 1.29 is 4.39 Å². The minimum absolute atomic E-state index is 0.129. The zero-order valence-electron chi connectivity index (χ0n) is 7.74. The molecule has 0 spiro atoms. The van der Waals surface area contributed by atoms with E-state index in [1.807, 2.05) is 0 Å². The first kappa shape index (κ1) is 10.2. The predicted molar refractivity (Wildman–Crippen MR) is 54.5 cm³/mol. The van der Waals surface area contributed by atoms with E-state index in [0.29, 0.717) is 11.1 Å². The summed E-state index contributed by atoms with van der Waals surface area (Å²) in [7, 11) is 0. The summed E-state index contributed by atoms with van der Waals surface area (Å²) in [5, 5.41) is 7.00. The fourth-order valence-electron chi connectivity index (χ4n) is 0.922. The Morgan fingerprint density at radius 2 is 2.14 bits per heavy atom. The fraction of sp³-hybridized carbons (Fsp3) is 0.111. The van der Waals surface area contributed by atoms with Crippen LogP contribution in [0.1, 0.15) is 11.1 Å². The van der Waals surface area contributed by atoms with Crippen molar-refractivity contribution in [3.63, 3.8) is 0 Å². The number of guanidine groups is 1. The molecule has 1 aromatic rings. The lowest BCUT2D eigenvalue weighted by Crippen LogP contribution is -2.21. The topological polar surface area (TPSA) is 76.8 Å². The molecule has 5 heteroatoms. The molecule has 14 heavy (non-hydrogen) atoms. The summed E-state index contributed by atoms with van der Waals surface area (Å²) in [5.74, 6) is -0.408. The van der Waals surface area contributed by atoms with E-state index in [2.05, 4.69) is 10.2 Å². The first-order valence-corrected chi connectivity index (χ1v) is 3.98. The molecule has 4 nitrogen and oxygen atoms in total. The summed E-state index contributed by atoms with van der Waals surface area (Å²) in [4.78, 5) is 0. The molecule has 1 rings (SSSR count). The van der Waals surface area contributed by atoms with Crippen molar-refractivity contribution in [2.24, 2.45) is 21.7 Å². The lowest BCUT2D eigenvalue weighted by Gasteiger charge is -1.98. The van der Waals surface area contributed by atoms with Crippen molar-refractivity contribution in [2.45, 2.75) is 6.92 Å². The second-order valence-electron chi connectivity index (χ2n) is 2.72. The highest BCUT2D eigenvalue weighted by Crippen LogP contribution is 2.09. The Morgan fingerprint density at radius 3 is 2.79 bits per heavy atom. The van der Waals surface area contributed by atoms with Gasteiger partial charge in [0.05, 0.1) is 6.21 Å². The quantitative estimate of drug-likeness (QED) is 0.414. The summed E-state index contributed by atoms with van der Waals surface area (Å²) in [5.41, 5.74) is 11.3. The Labute approximate surface area is 81.1 Å². The van der Waals surface area contributed by atoms with Crippen molar-refractivity contribution in [3.8, 4) is 0 Å². The van der Waals surface area contributed by atoms with Gasteiger partial charge in [0.15, 0.2) is 0 Å². The van der Waals surface area contributed by atoms with Gasteiger partial charge in [-0.05, 0) is 18.6 Å². The molecule has 4 N–H and O–H groups in total. The third-order valence-corrected chi connectivity index (χ3v) is 1.68. The maximum atomic E-state index is 13.0. The Bertz CT molecular complexity index is 380. The largest absolute Gasteiger partial charge is 0.369 e. The number of halogens is 1. The fourth-order valence-corrected chi connectivity index (χ4v) is 0.922. The lowest BCUT2D eigenvalue weighted by atomic mass is 10.1. The van der Waals surface area contributed by atoms with E-state index in [1.54, 1.807) is 19.1 Å². The molecule has 1 aromatic carbocycles. The lowest BCUT2D eigenvalue weighted by molar-refractivity contribution is 0.618. The molecule has 0 radical (unpaired) electrons. The van der Waals surface area contributed by atoms with Crippen LogP contribution in [0.3, 0.4) is 0 Å². The summed E-state index contributed by atoms with van der Waals surface area (Å²) in [6.07, 6.45) is 1.40. The van der Waals surface area contributed by atoms with Gasteiger partial charge >= 0.3 is 0 Å². The maximum absolute atomic E-state index is 13.0. The molecular weight excluding hydrogens is 183 g/mol. The molecule has 0 heterocycles. The number of rotatable bonds is 2. The second-order valence-corrected chi connectivity index (χ2v) is 2.72. The van der Waals surface area contributed by atoms with Gasteiger partial charge in [-0.2, -0.15) is 5.10 Å². The maximum Gasteiger partial charge on any atom is 0.211 e. The van der Waals surface area contributed by atoms with Gasteiger partial charge in [0.1, 0.15) is 5.82 Å². The predicted octanol–water partition coefficient (Wildman–Crippen LogP) is 0.741. The van der Waals surface area contributed by atoms with Crippen molar-refractivity contribution in [1.29, 1.82) is 0 Å². The third kappa shape index (κ3) is 2.55. The highest BCUT2D eigenvalue weighted by molar-refractivity contribution is 5.83. The molecule has 0 aromatic heterocycles. The Hall–Kier alpha value is -1.91. The number of hydrogen-bond acceptors (Lipinski definition) is 2. The smallest absolute Gasteiger partial charge is 0.211 e. The Balaban J connectivity index is 2.92. The van der Waals surface area contributed by atoms with Crippen LogP contribution in [0.4, 0.5) is 4.39 Å². The van der Waals surface area contributed by atoms with Gasteiger partial charge < -0.3 is 11.5 Å². The van der Waals surface area contributed by atoms with E-state index in [1.165, 1.54) is 12.3 Å². The van der Waals surface area contributed by atoms with Crippen molar-refractivity contribution >= 4 is 12.2 Å². The van der Waals surface area contributed by atoms with Crippen molar-refractivity contribution in [3.05, 3.63) is 35.1 Å². The molecule has 0 amide bonds. The number of nitrogens with zero attached hydrogens (tertiary/aromatic N) is 2. The first-order chi connectivity index (χ1) is 6.61. The van der Waals surface area contributed by atoms with Gasteiger partial charge in [-0.3, -0.25) is 0 Å². The average Bonchev–Trinajstić information content (AvgIpc) is 2.12. The molecular formula is C9H11FN4. The van der Waals surface area contributed by atoms with Crippen LogP contribution in [0.5, 0.6) is 0 Å². The van der Waals surface area contributed by atoms with Crippen LogP contribution in [-0.4, -0.2) is 12.2 Å². The van der Waals surface area contributed by atoms with E-state index in [4.69, 9.17) is 11.5 Å². The van der Waals surface area contributed by atoms with E-state index < -0.39 is 0 Å². The third-order valence-electron chi connectivity index (χ3n) is 1.68. The van der Waals surface area contributed by atoms with Crippen molar-refractivity contribution in [2.75, 3.05) is 0 Å². The molecule has 0 aliphatic heterocycles. The van der Waals surface area contributed by atoms with E-state index in [9.17, 15) is 4.39 Å². The van der Waals surface area contributed by atoms with E-state index in [0.717, 1.165) is 0 Å². The molecule has 0 saturated heterocycles. The summed E-state index contributed by atoms with van der Waals surface area (Å²) in [6, 6.07) is 4.70. The minimum Gasteiger partial charge on any atom is -0.369 e. The number of nitrogens with two attached hydrogens (primary N) is 2. The van der Waals surface area contributed by atoms with Crippen LogP contribution in [-0.2, 0) is 0 Å². The molecule has 0 fully saturated rings. The van der Waals surface area contributed by atoms with Crippen LogP contribution in [0, 0.1) is 12.7 Å². The molecule has 74 valence electrons. The summed E-state index contributed by atoms with van der Waals surface area (Å²) >= 11 is 0. The van der Waals surface area contributed by atoms with Gasteiger partial charge in [-0.1, -0.05) is 12.1 Å². The molecule has 0 bridgehead atoms. The summed E-state index contributed by atoms with van der Waals surface area (Å²) < 4.78 is 13.0. The standard InChI is InChI=1S/C9H11FN4/c1-6-7(3-2-4-8(6)10)5-13-14-9(11)12/h2-5H,1H3,(H4,11,12,14). The first-order valence-electron chi connectivity index (χ1n) is 3.98. The molecule has 0 aliphatic carbocycles. The normalized spacial score (nSPS) is 10.4. The molecule has 0 saturated carbocycles. The number of benzene rings is 1. The van der Waals surface area contributed by atoms with Gasteiger partial charge in [-0.25, -0.2) is 4.39 Å². The number of hydrogen-bond donors (Lipinski definition) is 2. The van der Waals surface area contributed by atoms with Crippen LogP contribution in [0.25, 0.3) is 0 Å². The molecule has 0 unspecified atom stereocenters. The molecule has 0 atom stereocenters. The van der Waals surface area contributed by atoms with Crippen LogP contribution in [0.15, 0.2) is 28.4 Å². The van der Waals surface area contributed by atoms with Crippen molar-refractivity contribution in [1.82, 2.24) is 0 Å². The van der Waals surface area contributed by atoms with E-state index >= 15 is 0 Å². The van der Waals surface area contributed by atoms with E-state index in [-0.39, 0.29) is 11.8 Å².